The molecule has 3 aromatic rings. The van der Waals surface area contributed by atoms with Gasteiger partial charge in [-0.2, -0.15) is 10.4 Å². The van der Waals surface area contributed by atoms with E-state index in [4.69, 9.17) is 4.74 Å². The second kappa shape index (κ2) is 9.06. The molecule has 4 rings (SSSR count). The molecule has 0 unspecified atom stereocenters. The van der Waals surface area contributed by atoms with Crippen LogP contribution >= 0.6 is 0 Å². The molecule has 1 saturated heterocycles. The number of nitrogens with zero attached hydrogens (tertiary/aromatic N) is 7. The standard InChI is InChI=1S/C23H25N7O2/c1-16-11-17(2)30(27-16)15-21(31)28-7-9-29(10-8-28)22-18(12-24)5-4-6-20(22)19-13-25-23(32-3)26-14-19/h4-6,11,13-14H,7-10,15H2,1-3H3. The number of benzene rings is 1. The molecule has 3 heterocycles. The second-order valence-electron chi connectivity index (χ2n) is 7.72. The van der Waals surface area contributed by atoms with E-state index in [1.807, 2.05) is 43.0 Å². The Morgan fingerprint density at radius 3 is 2.47 bits per heavy atom. The van der Waals surface area contributed by atoms with E-state index in [1.54, 1.807) is 17.1 Å². The first kappa shape index (κ1) is 21.3. The van der Waals surface area contributed by atoms with E-state index in [0.29, 0.717) is 37.8 Å². The van der Waals surface area contributed by atoms with Crippen molar-refractivity contribution in [2.24, 2.45) is 0 Å². The van der Waals surface area contributed by atoms with Crippen molar-refractivity contribution in [3.05, 3.63) is 53.6 Å². The maximum atomic E-state index is 12.8. The molecular weight excluding hydrogens is 406 g/mol. The van der Waals surface area contributed by atoms with E-state index >= 15 is 0 Å². The molecule has 1 aromatic carbocycles. The number of ether oxygens (including phenoxy) is 1. The molecule has 9 nitrogen and oxygen atoms in total. The van der Waals surface area contributed by atoms with Gasteiger partial charge in [0, 0.05) is 55.4 Å². The lowest BCUT2D eigenvalue weighted by Crippen LogP contribution is -2.50. The Labute approximate surface area is 186 Å². The molecule has 0 radical (unpaired) electrons. The summed E-state index contributed by atoms with van der Waals surface area (Å²) in [6.45, 7) is 6.53. The van der Waals surface area contributed by atoms with Crippen molar-refractivity contribution >= 4 is 11.6 Å². The molecule has 0 spiro atoms. The molecule has 164 valence electrons. The minimum atomic E-state index is 0.0493. The van der Waals surface area contributed by atoms with E-state index in [9.17, 15) is 10.1 Å². The van der Waals surface area contributed by atoms with Gasteiger partial charge >= 0.3 is 6.01 Å². The molecule has 0 atom stereocenters. The first-order valence-corrected chi connectivity index (χ1v) is 10.4. The highest BCUT2D eigenvalue weighted by atomic mass is 16.5. The summed E-state index contributed by atoms with van der Waals surface area (Å²) in [5.41, 5.74) is 5.00. The van der Waals surface area contributed by atoms with E-state index in [0.717, 1.165) is 28.2 Å². The van der Waals surface area contributed by atoms with Crippen molar-refractivity contribution in [2.75, 3.05) is 38.2 Å². The fourth-order valence-electron chi connectivity index (χ4n) is 4.01. The molecule has 1 amide bonds. The van der Waals surface area contributed by atoms with E-state index < -0.39 is 0 Å². The first-order valence-electron chi connectivity index (χ1n) is 10.4. The third-order valence-electron chi connectivity index (χ3n) is 5.62. The fraction of sp³-hybridized carbons (Fsp3) is 0.348. The van der Waals surface area contributed by atoms with Crippen LogP contribution in [0, 0.1) is 25.2 Å². The fourth-order valence-corrected chi connectivity index (χ4v) is 4.01. The number of aryl methyl sites for hydroxylation is 2. The van der Waals surface area contributed by atoms with Gasteiger partial charge in [-0.25, -0.2) is 9.97 Å². The summed E-state index contributed by atoms with van der Waals surface area (Å²) in [4.78, 5) is 25.2. The summed E-state index contributed by atoms with van der Waals surface area (Å²) in [7, 11) is 1.52. The Balaban J connectivity index is 1.52. The van der Waals surface area contributed by atoms with Crippen LogP contribution in [0.2, 0.25) is 0 Å². The van der Waals surface area contributed by atoms with Crippen molar-refractivity contribution in [2.45, 2.75) is 20.4 Å². The average Bonchev–Trinajstić information content (AvgIpc) is 3.14. The van der Waals surface area contributed by atoms with Crippen molar-refractivity contribution in [1.82, 2.24) is 24.6 Å². The van der Waals surface area contributed by atoms with Gasteiger partial charge in [0.25, 0.3) is 0 Å². The predicted molar refractivity (Wildman–Crippen MR) is 119 cm³/mol. The van der Waals surface area contributed by atoms with Crippen LogP contribution in [0.1, 0.15) is 17.0 Å². The third kappa shape index (κ3) is 4.25. The van der Waals surface area contributed by atoms with Crippen LogP contribution < -0.4 is 9.64 Å². The number of rotatable bonds is 5. The number of nitriles is 1. The van der Waals surface area contributed by atoms with Crippen LogP contribution in [0.4, 0.5) is 5.69 Å². The maximum absolute atomic E-state index is 12.8. The normalized spacial score (nSPS) is 13.7. The Kier molecular flexibility index (Phi) is 6.03. The Morgan fingerprint density at radius 2 is 1.88 bits per heavy atom. The zero-order valence-corrected chi connectivity index (χ0v) is 18.4. The van der Waals surface area contributed by atoms with Crippen LogP contribution in [-0.4, -0.2) is 63.8 Å². The smallest absolute Gasteiger partial charge is 0.316 e. The summed E-state index contributed by atoms with van der Waals surface area (Å²) in [6, 6.07) is 10.2. The SMILES string of the molecule is COc1ncc(-c2cccc(C#N)c2N2CCN(C(=O)Cn3nc(C)cc3C)CC2)cn1. The van der Waals surface area contributed by atoms with Crippen LogP contribution in [0.25, 0.3) is 11.1 Å². The van der Waals surface area contributed by atoms with Gasteiger partial charge in [0.2, 0.25) is 5.91 Å². The largest absolute Gasteiger partial charge is 0.467 e. The molecule has 32 heavy (non-hydrogen) atoms. The number of para-hydroxylation sites is 1. The predicted octanol–water partition coefficient (Wildman–Crippen LogP) is 2.19. The van der Waals surface area contributed by atoms with Gasteiger partial charge in [0.15, 0.2) is 0 Å². The number of carbonyl (C=O) groups excluding carboxylic acids is 1. The molecule has 1 aliphatic rings. The number of anilines is 1. The lowest BCUT2D eigenvalue weighted by atomic mass is 10.0. The molecule has 2 aromatic heterocycles. The van der Waals surface area contributed by atoms with Crippen LogP contribution in [0.15, 0.2) is 36.7 Å². The van der Waals surface area contributed by atoms with E-state index in [2.05, 4.69) is 26.0 Å². The number of aromatic nitrogens is 4. The zero-order chi connectivity index (χ0) is 22.7. The Morgan fingerprint density at radius 1 is 1.16 bits per heavy atom. The third-order valence-corrected chi connectivity index (χ3v) is 5.62. The minimum absolute atomic E-state index is 0.0493. The lowest BCUT2D eigenvalue weighted by Gasteiger charge is -2.37. The first-order chi connectivity index (χ1) is 15.5. The van der Waals surface area contributed by atoms with Gasteiger partial charge in [0.1, 0.15) is 12.6 Å². The van der Waals surface area contributed by atoms with E-state index in [-0.39, 0.29) is 12.5 Å². The van der Waals surface area contributed by atoms with Gasteiger partial charge in [0.05, 0.1) is 24.1 Å². The molecule has 1 fully saturated rings. The number of amides is 1. The molecule has 0 bridgehead atoms. The average molecular weight is 432 g/mol. The molecule has 9 heteroatoms. The van der Waals surface area contributed by atoms with Gasteiger partial charge in [-0.1, -0.05) is 12.1 Å². The number of carbonyl (C=O) groups is 1. The number of hydrogen-bond acceptors (Lipinski definition) is 7. The molecule has 0 aliphatic carbocycles. The van der Waals surface area contributed by atoms with Crippen molar-refractivity contribution in [3.8, 4) is 23.2 Å². The summed E-state index contributed by atoms with van der Waals surface area (Å²) in [5, 5.41) is 14.1. The number of methoxy groups -OCH3 is 1. The van der Waals surface area contributed by atoms with Crippen LogP contribution in [0.5, 0.6) is 6.01 Å². The molecule has 0 saturated carbocycles. The van der Waals surface area contributed by atoms with Gasteiger partial charge < -0.3 is 14.5 Å². The second-order valence-corrected chi connectivity index (χ2v) is 7.72. The van der Waals surface area contributed by atoms with Gasteiger partial charge in [-0.15, -0.1) is 0 Å². The monoisotopic (exact) mass is 431 g/mol. The summed E-state index contributed by atoms with van der Waals surface area (Å²) in [6.07, 6.45) is 3.39. The highest BCUT2D eigenvalue weighted by Gasteiger charge is 2.25. The van der Waals surface area contributed by atoms with Crippen molar-refractivity contribution < 1.29 is 9.53 Å². The quantitative estimate of drug-likeness (QED) is 0.610. The van der Waals surface area contributed by atoms with E-state index in [1.165, 1.54) is 7.11 Å². The summed E-state index contributed by atoms with van der Waals surface area (Å²) >= 11 is 0. The highest BCUT2D eigenvalue weighted by molar-refractivity contribution is 5.83. The van der Waals surface area contributed by atoms with Gasteiger partial charge in [-0.3, -0.25) is 9.48 Å². The zero-order valence-electron chi connectivity index (χ0n) is 18.4. The summed E-state index contributed by atoms with van der Waals surface area (Å²) < 4.78 is 6.80. The molecule has 0 N–H and O–H groups in total. The molecular formula is C23H25N7O2. The topological polar surface area (TPSA) is 100 Å². The van der Waals surface area contributed by atoms with Gasteiger partial charge in [-0.05, 0) is 26.0 Å². The number of piperazine rings is 1. The maximum Gasteiger partial charge on any atom is 0.316 e. The highest BCUT2D eigenvalue weighted by Crippen LogP contribution is 2.34. The Hall–Kier alpha value is -3.93. The van der Waals surface area contributed by atoms with Crippen molar-refractivity contribution in [1.29, 1.82) is 5.26 Å². The number of hydrogen-bond donors (Lipinski definition) is 0. The Bertz CT molecular complexity index is 1160. The molecule has 1 aliphatic heterocycles. The van der Waals surface area contributed by atoms with Crippen LogP contribution in [-0.2, 0) is 11.3 Å². The van der Waals surface area contributed by atoms with Crippen LogP contribution in [0.3, 0.4) is 0 Å². The lowest BCUT2D eigenvalue weighted by molar-refractivity contribution is -0.132. The minimum Gasteiger partial charge on any atom is -0.467 e. The summed E-state index contributed by atoms with van der Waals surface area (Å²) in [5.74, 6) is 0.0493. The van der Waals surface area contributed by atoms with Crippen molar-refractivity contribution in [3.63, 3.8) is 0 Å².